The van der Waals surface area contributed by atoms with Crippen LogP contribution in [0.4, 0.5) is 0 Å². The van der Waals surface area contributed by atoms with Crippen molar-refractivity contribution < 1.29 is 0 Å². The highest BCUT2D eigenvalue weighted by molar-refractivity contribution is 7.27. The summed E-state index contributed by atoms with van der Waals surface area (Å²) >= 11 is 5.75. The highest BCUT2D eigenvalue weighted by Crippen LogP contribution is 2.53. The van der Waals surface area contributed by atoms with Crippen molar-refractivity contribution in [3.05, 3.63) is 315 Å². The molecule has 0 amide bonds. The first-order valence-corrected chi connectivity index (χ1v) is 35.1. The lowest BCUT2D eigenvalue weighted by molar-refractivity contribution is 1.64. The lowest BCUT2D eigenvalue weighted by atomic mass is 9.83. The van der Waals surface area contributed by atoms with Gasteiger partial charge in [-0.3, -0.25) is 0 Å². The molecule has 0 atom stereocenters. The molecule has 0 spiro atoms. The Bertz CT molecular complexity index is 6790. The van der Waals surface area contributed by atoms with Gasteiger partial charge in [0.1, 0.15) is 0 Å². The van der Waals surface area contributed by atoms with E-state index < -0.39 is 0 Å². The molecule has 0 N–H and O–H groups in total. The van der Waals surface area contributed by atoms with Crippen LogP contribution in [-0.2, 0) is 0 Å². The van der Waals surface area contributed by atoms with Gasteiger partial charge in [-0.15, -0.1) is 34.0 Å². The van der Waals surface area contributed by atoms with Gasteiger partial charge < -0.3 is 0 Å². The largest absolute Gasteiger partial charge is 0.135 e. The van der Waals surface area contributed by atoms with Gasteiger partial charge >= 0.3 is 0 Å². The molecule has 0 aliphatic heterocycles. The first kappa shape index (κ1) is 53.2. The fraction of sp³-hybridized carbons (Fsp3) is 0. The van der Waals surface area contributed by atoms with E-state index in [0.29, 0.717) is 0 Å². The highest BCUT2D eigenvalue weighted by Gasteiger charge is 2.25. The molecule has 18 aromatic carbocycles. The van der Waals surface area contributed by atoms with Crippen LogP contribution in [-0.4, -0.2) is 0 Å². The third kappa shape index (κ3) is 7.86. The second-order valence-corrected chi connectivity index (χ2v) is 28.7. The Balaban J connectivity index is 0.690. The van der Waals surface area contributed by atoms with E-state index in [4.69, 9.17) is 0 Å². The smallest absolute Gasteiger partial charge is 0.0434 e. The monoisotopic (exact) mass is 1250 g/mol. The van der Waals surface area contributed by atoms with Crippen LogP contribution in [0.15, 0.2) is 315 Å². The van der Waals surface area contributed by atoms with Gasteiger partial charge in [-0.1, -0.05) is 273 Å². The zero-order chi connectivity index (χ0) is 62.0. The van der Waals surface area contributed by atoms with E-state index in [0.717, 1.165) is 0 Å². The Morgan fingerprint density at radius 3 is 0.958 bits per heavy atom. The predicted molar refractivity (Wildman–Crippen MR) is 418 cm³/mol. The summed E-state index contributed by atoms with van der Waals surface area (Å²) < 4.78 is 7.92. The van der Waals surface area contributed by atoms with Gasteiger partial charge in [-0.2, -0.15) is 0 Å². The minimum absolute atomic E-state index is 1.21. The Morgan fingerprint density at radius 1 is 0.147 bits per heavy atom. The second-order valence-electron chi connectivity index (χ2n) is 25.6. The lowest BCUT2D eigenvalue weighted by Gasteiger charge is -2.20. The number of hydrogen-bond acceptors (Lipinski definition) is 3. The van der Waals surface area contributed by atoms with Crippen LogP contribution in [0.5, 0.6) is 0 Å². The van der Waals surface area contributed by atoms with E-state index in [1.807, 2.05) is 34.0 Å². The fourth-order valence-corrected chi connectivity index (χ4v) is 20.2. The molecule has 3 heterocycles. The SMILES string of the molecule is c1cc(-c2c3ccccc3c(-c3cccc4ccccc34)c3ccccc23)cc(-c2cc3c4ccc(-c5ccc6c(c5)sc5c7ccccc7c(-c7c8ccccc8c(-c8cc9c%10ccccc%10sc9c9ccccc89)c8ccccc78)cc65)cc4sc3c3ccccc23)c1. The normalized spacial score (nSPS) is 12.2. The maximum absolute atomic E-state index is 2.52. The molecule has 95 heavy (non-hydrogen) atoms. The van der Waals surface area contributed by atoms with Crippen molar-refractivity contribution in [1.29, 1.82) is 0 Å². The van der Waals surface area contributed by atoms with Crippen molar-refractivity contribution >= 4 is 181 Å². The second kappa shape index (κ2) is 20.6. The highest BCUT2D eigenvalue weighted by atomic mass is 32.1. The van der Waals surface area contributed by atoms with Crippen LogP contribution in [0.3, 0.4) is 0 Å². The first-order chi connectivity index (χ1) is 47.1. The summed E-state index contributed by atoms with van der Waals surface area (Å²) in [5.41, 5.74) is 15.1. The van der Waals surface area contributed by atoms with Gasteiger partial charge in [0.15, 0.2) is 0 Å². The summed E-state index contributed by atoms with van der Waals surface area (Å²) in [7, 11) is 0. The number of rotatable bonds is 6. The van der Waals surface area contributed by atoms with Crippen molar-refractivity contribution in [3.8, 4) is 66.8 Å². The van der Waals surface area contributed by atoms with E-state index in [2.05, 4.69) is 315 Å². The molecule has 21 aromatic rings. The molecule has 21 rings (SSSR count). The van der Waals surface area contributed by atoms with E-state index >= 15 is 0 Å². The van der Waals surface area contributed by atoms with Crippen molar-refractivity contribution in [2.75, 3.05) is 0 Å². The predicted octanol–water partition coefficient (Wildman–Crippen LogP) is 28.0. The van der Waals surface area contributed by atoms with Gasteiger partial charge in [-0.25, -0.2) is 0 Å². The third-order valence-corrected chi connectivity index (χ3v) is 24.2. The maximum Gasteiger partial charge on any atom is 0.0434 e. The zero-order valence-electron chi connectivity index (χ0n) is 51.2. The summed E-state index contributed by atoms with van der Waals surface area (Å²) in [4.78, 5) is 0. The number of thiophene rings is 3. The molecular formula is C92H52S3. The Kier molecular flexibility index (Phi) is 11.5. The molecule has 3 heteroatoms. The molecule has 0 radical (unpaired) electrons. The van der Waals surface area contributed by atoms with Crippen molar-refractivity contribution in [1.82, 2.24) is 0 Å². The summed E-state index contributed by atoms with van der Waals surface area (Å²) in [6, 6.07) is 119. The molecule has 0 aliphatic rings. The summed E-state index contributed by atoms with van der Waals surface area (Å²) in [6.07, 6.45) is 0. The number of fused-ring (bicyclic) bond motifs is 20. The molecule has 0 saturated carbocycles. The van der Waals surface area contributed by atoms with Crippen LogP contribution < -0.4 is 0 Å². The van der Waals surface area contributed by atoms with Gasteiger partial charge in [0.25, 0.3) is 0 Å². The Hall–Kier alpha value is -11.3. The number of benzene rings is 18. The lowest BCUT2D eigenvalue weighted by Crippen LogP contribution is -1.92. The van der Waals surface area contributed by atoms with E-state index in [9.17, 15) is 0 Å². The van der Waals surface area contributed by atoms with Crippen molar-refractivity contribution in [3.63, 3.8) is 0 Å². The molecule has 438 valence electrons. The molecular weight excluding hydrogens is 1200 g/mol. The standard InChI is InChI=1S/C92H52S3/c1-2-25-58-53(21-1)22-20-41-65(58)87-68-32-8-6-30-66(68)86(67-31-7-9-33-69(67)87)57-24-19-23-56(47-57)77-50-80-63-45-43-54(48-84(63)94-91(80)74-38-14-3-26-59(74)77)55-44-46-64-82-52-79(61-28-5-16-40-76(61)92(82)95-85(64)49-55)89-72-36-12-10-34-70(72)88(71-35-11-13-37-73(71)89)78-51-81-62-29-17-18-42-83(62)93-90(81)75-39-15-4-27-60(75)78/h1-52H. The summed E-state index contributed by atoms with van der Waals surface area (Å²) in [6.45, 7) is 0. The maximum atomic E-state index is 2.52. The minimum atomic E-state index is 1.21. The van der Waals surface area contributed by atoms with Gasteiger partial charge in [0.2, 0.25) is 0 Å². The minimum Gasteiger partial charge on any atom is -0.135 e. The van der Waals surface area contributed by atoms with Gasteiger partial charge in [-0.05, 0) is 179 Å². The van der Waals surface area contributed by atoms with Crippen LogP contribution in [0.25, 0.3) is 213 Å². The quantitative estimate of drug-likeness (QED) is 0.146. The average molecular weight is 1250 g/mol. The Morgan fingerprint density at radius 2 is 0.474 bits per heavy atom. The number of hydrogen-bond donors (Lipinski definition) is 0. The van der Waals surface area contributed by atoms with Crippen molar-refractivity contribution in [2.45, 2.75) is 0 Å². The first-order valence-electron chi connectivity index (χ1n) is 32.7. The van der Waals surface area contributed by atoms with E-state index in [1.54, 1.807) is 0 Å². The molecule has 0 saturated heterocycles. The van der Waals surface area contributed by atoms with Gasteiger partial charge in [0, 0.05) is 76.7 Å². The van der Waals surface area contributed by atoms with E-state index in [1.165, 1.54) is 213 Å². The molecule has 0 fully saturated rings. The fourth-order valence-electron chi connectivity index (χ4n) is 16.5. The molecule has 0 unspecified atom stereocenters. The van der Waals surface area contributed by atoms with Gasteiger partial charge in [0.05, 0.1) is 0 Å². The summed E-state index contributed by atoms with van der Waals surface area (Å²) in [5, 5.41) is 28.1. The van der Waals surface area contributed by atoms with Crippen LogP contribution >= 0.6 is 34.0 Å². The topological polar surface area (TPSA) is 0 Å². The van der Waals surface area contributed by atoms with Crippen molar-refractivity contribution in [2.24, 2.45) is 0 Å². The Labute approximate surface area is 558 Å². The van der Waals surface area contributed by atoms with Crippen LogP contribution in [0.1, 0.15) is 0 Å². The van der Waals surface area contributed by atoms with Crippen LogP contribution in [0, 0.1) is 0 Å². The van der Waals surface area contributed by atoms with E-state index in [-0.39, 0.29) is 0 Å². The molecule has 0 aliphatic carbocycles. The molecule has 0 nitrogen and oxygen atoms in total. The zero-order valence-corrected chi connectivity index (χ0v) is 53.7. The molecule has 3 aromatic heterocycles. The molecule has 0 bridgehead atoms. The van der Waals surface area contributed by atoms with Crippen LogP contribution in [0.2, 0.25) is 0 Å². The average Bonchev–Trinajstić information content (AvgIpc) is 1.70. The summed E-state index contributed by atoms with van der Waals surface area (Å²) in [5.74, 6) is 0. The third-order valence-electron chi connectivity index (χ3n) is 20.6.